The van der Waals surface area contributed by atoms with E-state index in [9.17, 15) is 8.78 Å². The molecule has 0 radical (unpaired) electrons. The third-order valence-corrected chi connectivity index (χ3v) is 2.27. The minimum Gasteiger partial charge on any atom is -0.206 e. The number of aryl methyl sites for hydroxylation is 1. The Morgan fingerprint density at radius 2 is 1.47 bits per heavy atom. The summed E-state index contributed by atoms with van der Waals surface area (Å²) < 4.78 is 26.9. The van der Waals surface area contributed by atoms with Crippen LogP contribution in [-0.4, -0.2) is 0 Å². The SMILES string of the molecule is Cc1cccc(-c2c(F)cccc2F)c1. The van der Waals surface area contributed by atoms with Gasteiger partial charge in [-0.05, 0) is 24.6 Å². The first-order chi connectivity index (χ1) is 7.18. The molecule has 0 fully saturated rings. The molecular formula is C13H10F2. The summed E-state index contributed by atoms with van der Waals surface area (Å²) >= 11 is 0. The van der Waals surface area contributed by atoms with Gasteiger partial charge < -0.3 is 0 Å². The van der Waals surface area contributed by atoms with Crippen LogP contribution in [0.4, 0.5) is 8.78 Å². The van der Waals surface area contributed by atoms with Gasteiger partial charge in [0.05, 0.1) is 5.56 Å². The van der Waals surface area contributed by atoms with Crippen LogP contribution in [-0.2, 0) is 0 Å². The molecule has 0 spiro atoms. The van der Waals surface area contributed by atoms with E-state index in [-0.39, 0.29) is 5.56 Å². The zero-order valence-electron chi connectivity index (χ0n) is 8.30. The fraction of sp³-hybridized carbons (Fsp3) is 0.0769. The topological polar surface area (TPSA) is 0 Å². The van der Waals surface area contributed by atoms with Crippen LogP contribution >= 0.6 is 0 Å². The van der Waals surface area contributed by atoms with Gasteiger partial charge in [0.2, 0.25) is 0 Å². The van der Waals surface area contributed by atoms with E-state index in [0.717, 1.165) is 5.56 Å². The quantitative estimate of drug-likeness (QED) is 0.660. The Hall–Kier alpha value is -1.70. The molecule has 0 amide bonds. The van der Waals surface area contributed by atoms with E-state index in [1.54, 1.807) is 18.2 Å². The van der Waals surface area contributed by atoms with E-state index < -0.39 is 11.6 Å². The van der Waals surface area contributed by atoms with Gasteiger partial charge >= 0.3 is 0 Å². The minimum absolute atomic E-state index is 0.0428. The lowest BCUT2D eigenvalue weighted by molar-refractivity contribution is 0.589. The normalized spacial score (nSPS) is 10.3. The summed E-state index contributed by atoms with van der Waals surface area (Å²) in [5.74, 6) is -1.05. The van der Waals surface area contributed by atoms with Crippen molar-refractivity contribution in [3.63, 3.8) is 0 Å². The van der Waals surface area contributed by atoms with Gasteiger partial charge in [0.25, 0.3) is 0 Å². The Bertz CT molecular complexity index is 469. The van der Waals surface area contributed by atoms with E-state index in [4.69, 9.17) is 0 Å². The molecule has 0 saturated carbocycles. The van der Waals surface area contributed by atoms with Gasteiger partial charge in [-0.15, -0.1) is 0 Å². The Morgan fingerprint density at radius 3 is 2.07 bits per heavy atom. The molecule has 0 saturated heterocycles. The van der Waals surface area contributed by atoms with Crippen LogP contribution in [0.1, 0.15) is 5.56 Å². The summed E-state index contributed by atoms with van der Waals surface area (Å²) in [6, 6.07) is 11.0. The second kappa shape index (κ2) is 3.81. The molecule has 0 N–H and O–H groups in total. The summed E-state index contributed by atoms with van der Waals surface area (Å²) in [5.41, 5.74) is 1.60. The number of benzene rings is 2. The molecule has 0 aliphatic rings. The number of hydrogen-bond donors (Lipinski definition) is 0. The zero-order chi connectivity index (χ0) is 10.8. The van der Waals surface area contributed by atoms with Crippen molar-refractivity contribution in [1.29, 1.82) is 0 Å². The number of halogens is 2. The van der Waals surface area contributed by atoms with Crippen molar-refractivity contribution in [3.8, 4) is 11.1 Å². The van der Waals surface area contributed by atoms with Gasteiger partial charge in [-0.2, -0.15) is 0 Å². The lowest BCUT2D eigenvalue weighted by atomic mass is 10.0. The van der Waals surface area contributed by atoms with Gasteiger partial charge in [-0.3, -0.25) is 0 Å². The lowest BCUT2D eigenvalue weighted by Gasteiger charge is -2.05. The molecule has 15 heavy (non-hydrogen) atoms. The largest absolute Gasteiger partial charge is 0.206 e. The summed E-state index contributed by atoms with van der Waals surface area (Å²) in [5, 5.41) is 0. The molecule has 0 aliphatic carbocycles. The highest BCUT2D eigenvalue weighted by atomic mass is 19.1. The maximum Gasteiger partial charge on any atom is 0.133 e. The van der Waals surface area contributed by atoms with Gasteiger partial charge in [-0.1, -0.05) is 35.9 Å². The van der Waals surface area contributed by atoms with Crippen molar-refractivity contribution >= 4 is 0 Å². The number of hydrogen-bond acceptors (Lipinski definition) is 0. The average Bonchev–Trinajstić information content (AvgIpc) is 2.17. The molecule has 0 aromatic heterocycles. The highest BCUT2D eigenvalue weighted by Crippen LogP contribution is 2.26. The summed E-state index contributed by atoms with van der Waals surface area (Å²) in [6.45, 7) is 1.89. The molecule has 0 heterocycles. The van der Waals surface area contributed by atoms with E-state index in [1.807, 2.05) is 13.0 Å². The second-order valence-electron chi connectivity index (χ2n) is 3.47. The van der Waals surface area contributed by atoms with E-state index >= 15 is 0 Å². The monoisotopic (exact) mass is 204 g/mol. The molecule has 0 bridgehead atoms. The predicted octanol–water partition coefficient (Wildman–Crippen LogP) is 3.94. The summed E-state index contributed by atoms with van der Waals surface area (Å²) in [7, 11) is 0. The van der Waals surface area contributed by atoms with Crippen LogP contribution < -0.4 is 0 Å². The fourth-order valence-electron chi connectivity index (χ4n) is 1.57. The minimum atomic E-state index is -0.527. The Balaban J connectivity index is 2.63. The first-order valence-electron chi connectivity index (χ1n) is 4.69. The van der Waals surface area contributed by atoms with Crippen LogP contribution in [0.15, 0.2) is 42.5 Å². The predicted molar refractivity (Wildman–Crippen MR) is 56.5 cm³/mol. The highest BCUT2D eigenvalue weighted by Gasteiger charge is 2.10. The van der Waals surface area contributed by atoms with Crippen molar-refractivity contribution in [3.05, 3.63) is 59.7 Å². The Kier molecular flexibility index (Phi) is 2.50. The summed E-state index contributed by atoms with van der Waals surface area (Å²) in [4.78, 5) is 0. The maximum absolute atomic E-state index is 13.4. The van der Waals surface area contributed by atoms with Crippen molar-refractivity contribution in [1.82, 2.24) is 0 Å². The van der Waals surface area contributed by atoms with E-state index in [1.165, 1.54) is 18.2 Å². The van der Waals surface area contributed by atoms with E-state index in [0.29, 0.717) is 5.56 Å². The third kappa shape index (κ3) is 1.89. The molecule has 0 aliphatic heterocycles. The van der Waals surface area contributed by atoms with Crippen LogP contribution in [0.25, 0.3) is 11.1 Å². The standard InChI is InChI=1S/C13H10F2/c1-9-4-2-5-10(8-9)13-11(14)6-3-7-12(13)15/h2-8H,1H3. The van der Waals surface area contributed by atoms with Crippen LogP contribution in [0.3, 0.4) is 0 Å². The van der Waals surface area contributed by atoms with E-state index in [2.05, 4.69) is 0 Å². The van der Waals surface area contributed by atoms with Crippen LogP contribution in [0, 0.1) is 18.6 Å². The molecule has 2 rings (SSSR count). The highest BCUT2D eigenvalue weighted by molar-refractivity contribution is 5.65. The molecule has 2 aromatic carbocycles. The molecule has 0 atom stereocenters. The van der Waals surface area contributed by atoms with Crippen LogP contribution in [0.5, 0.6) is 0 Å². The smallest absolute Gasteiger partial charge is 0.133 e. The first-order valence-corrected chi connectivity index (χ1v) is 4.69. The van der Waals surface area contributed by atoms with Crippen LogP contribution in [0.2, 0.25) is 0 Å². The number of rotatable bonds is 1. The molecule has 2 aromatic rings. The van der Waals surface area contributed by atoms with Crippen molar-refractivity contribution in [2.24, 2.45) is 0 Å². The van der Waals surface area contributed by atoms with Crippen molar-refractivity contribution in [2.45, 2.75) is 6.92 Å². The summed E-state index contributed by atoms with van der Waals surface area (Å²) in [6.07, 6.45) is 0. The van der Waals surface area contributed by atoms with Gasteiger partial charge in [0, 0.05) is 0 Å². The molecular weight excluding hydrogens is 194 g/mol. The molecule has 0 nitrogen and oxygen atoms in total. The Morgan fingerprint density at radius 1 is 0.867 bits per heavy atom. The van der Waals surface area contributed by atoms with Crippen molar-refractivity contribution < 1.29 is 8.78 Å². The first kappa shape index (κ1) is 9.84. The van der Waals surface area contributed by atoms with Crippen molar-refractivity contribution in [2.75, 3.05) is 0 Å². The van der Waals surface area contributed by atoms with Gasteiger partial charge in [-0.25, -0.2) is 8.78 Å². The van der Waals surface area contributed by atoms with Gasteiger partial charge in [0.1, 0.15) is 11.6 Å². The zero-order valence-corrected chi connectivity index (χ0v) is 8.30. The van der Waals surface area contributed by atoms with Gasteiger partial charge in [0.15, 0.2) is 0 Å². The Labute approximate surface area is 87.2 Å². The second-order valence-corrected chi connectivity index (χ2v) is 3.47. The lowest BCUT2D eigenvalue weighted by Crippen LogP contribution is -1.89. The molecule has 76 valence electrons. The fourth-order valence-corrected chi connectivity index (χ4v) is 1.57. The molecule has 2 heteroatoms. The molecule has 0 unspecified atom stereocenters. The third-order valence-electron chi connectivity index (χ3n) is 2.27. The maximum atomic E-state index is 13.4. The average molecular weight is 204 g/mol.